The maximum atomic E-state index is 12.6. The minimum Gasteiger partial charge on any atom is -0.481 e. The Bertz CT molecular complexity index is 385. The van der Waals surface area contributed by atoms with Gasteiger partial charge in [0.05, 0.1) is 18.2 Å². The van der Waals surface area contributed by atoms with E-state index in [0.29, 0.717) is 5.56 Å². The van der Waals surface area contributed by atoms with Crippen molar-refractivity contribution in [3.8, 4) is 11.9 Å². The number of pyridine rings is 1. The van der Waals surface area contributed by atoms with Crippen molar-refractivity contribution in [2.45, 2.75) is 13.3 Å². The Hall–Kier alpha value is -1.70. The van der Waals surface area contributed by atoms with Crippen molar-refractivity contribution in [3.63, 3.8) is 0 Å². The van der Waals surface area contributed by atoms with Gasteiger partial charge in [-0.05, 0) is 12.5 Å². The highest BCUT2D eigenvalue weighted by Crippen LogP contribution is 2.31. The number of ether oxygens (including phenoxy) is 1. The lowest BCUT2D eigenvalue weighted by molar-refractivity contribution is 0.145. The molecule has 14 heavy (non-hydrogen) atoms. The SMILES string of the molecule is COc1ncc(C)c(C#N)c1C(F)F. The van der Waals surface area contributed by atoms with Gasteiger partial charge in [-0.1, -0.05) is 0 Å². The van der Waals surface area contributed by atoms with E-state index < -0.39 is 12.0 Å². The first-order valence-electron chi connectivity index (χ1n) is 3.83. The minimum absolute atomic E-state index is 0.0631. The van der Waals surface area contributed by atoms with Crippen molar-refractivity contribution in [3.05, 3.63) is 22.9 Å². The molecule has 0 aliphatic heterocycles. The molecule has 1 aromatic rings. The number of methoxy groups -OCH3 is 1. The standard InChI is InChI=1S/C9H8F2N2O/c1-5-4-13-9(14-2)7(8(10)11)6(5)3-12/h4,8H,1-2H3. The van der Waals surface area contributed by atoms with Gasteiger partial charge in [0.1, 0.15) is 6.07 Å². The second-order valence-corrected chi connectivity index (χ2v) is 2.65. The van der Waals surface area contributed by atoms with Gasteiger partial charge >= 0.3 is 0 Å². The second-order valence-electron chi connectivity index (χ2n) is 2.65. The molecular formula is C9H8F2N2O. The fraction of sp³-hybridized carbons (Fsp3) is 0.333. The van der Waals surface area contributed by atoms with Gasteiger partial charge in [0, 0.05) is 6.20 Å². The quantitative estimate of drug-likeness (QED) is 0.731. The summed E-state index contributed by atoms with van der Waals surface area (Å²) in [7, 11) is 1.24. The Labute approximate surface area is 79.9 Å². The Morgan fingerprint density at radius 3 is 2.64 bits per heavy atom. The molecule has 5 heteroatoms. The zero-order chi connectivity index (χ0) is 10.7. The van der Waals surface area contributed by atoms with E-state index in [2.05, 4.69) is 9.72 Å². The number of alkyl halides is 2. The third-order valence-corrected chi connectivity index (χ3v) is 1.79. The highest BCUT2D eigenvalue weighted by atomic mass is 19.3. The molecule has 0 amide bonds. The van der Waals surface area contributed by atoms with Crippen LogP contribution >= 0.6 is 0 Å². The summed E-state index contributed by atoms with van der Waals surface area (Å²) in [5.41, 5.74) is -0.0783. The lowest BCUT2D eigenvalue weighted by Gasteiger charge is -2.09. The first kappa shape index (κ1) is 10.4. The van der Waals surface area contributed by atoms with Crippen LogP contribution in [0.2, 0.25) is 0 Å². The molecule has 0 N–H and O–H groups in total. The summed E-state index contributed by atoms with van der Waals surface area (Å²) < 4.78 is 29.8. The summed E-state index contributed by atoms with van der Waals surface area (Å²) in [6, 6.07) is 1.72. The van der Waals surface area contributed by atoms with Crippen molar-refractivity contribution >= 4 is 0 Å². The number of hydrogen-bond donors (Lipinski definition) is 0. The van der Waals surface area contributed by atoms with Crippen molar-refractivity contribution in [2.24, 2.45) is 0 Å². The number of hydrogen-bond acceptors (Lipinski definition) is 3. The van der Waals surface area contributed by atoms with Crippen LogP contribution in [0.3, 0.4) is 0 Å². The topological polar surface area (TPSA) is 45.9 Å². The molecule has 3 nitrogen and oxygen atoms in total. The third kappa shape index (κ3) is 1.64. The van der Waals surface area contributed by atoms with Crippen molar-refractivity contribution in [1.29, 1.82) is 5.26 Å². The smallest absolute Gasteiger partial charge is 0.270 e. The molecule has 1 heterocycles. The molecule has 0 aromatic carbocycles. The Morgan fingerprint density at radius 1 is 1.57 bits per heavy atom. The first-order chi connectivity index (χ1) is 6.61. The second kappa shape index (κ2) is 4.01. The summed E-state index contributed by atoms with van der Waals surface area (Å²) in [6.45, 7) is 1.55. The van der Waals surface area contributed by atoms with Gasteiger partial charge in [0.2, 0.25) is 5.88 Å². The molecule has 0 atom stereocenters. The summed E-state index contributed by atoms with van der Waals surface area (Å²) >= 11 is 0. The number of halogens is 2. The number of nitriles is 1. The van der Waals surface area contributed by atoms with Gasteiger partial charge in [0.25, 0.3) is 6.43 Å². The monoisotopic (exact) mass is 198 g/mol. The summed E-state index contributed by atoms with van der Waals surface area (Å²) in [5.74, 6) is -0.192. The van der Waals surface area contributed by atoms with Crippen LogP contribution < -0.4 is 4.74 Å². The van der Waals surface area contributed by atoms with E-state index in [1.807, 2.05) is 0 Å². The predicted molar refractivity (Wildman–Crippen MR) is 45.2 cm³/mol. The van der Waals surface area contributed by atoms with E-state index in [1.54, 1.807) is 13.0 Å². The van der Waals surface area contributed by atoms with Gasteiger partial charge < -0.3 is 4.74 Å². The first-order valence-corrected chi connectivity index (χ1v) is 3.83. The number of nitrogens with zero attached hydrogens (tertiary/aromatic N) is 2. The fourth-order valence-electron chi connectivity index (χ4n) is 1.12. The van der Waals surface area contributed by atoms with Crippen LogP contribution in [0.15, 0.2) is 6.20 Å². The van der Waals surface area contributed by atoms with Crippen LogP contribution in [0, 0.1) is 18.3 Å². The van der Waals surface area contributed by atoms with Crippen molar-refractivity contribution in [2.75, 3.05) is 7.11 Å². The average molecular weight is 198 g/mol. The minimum atomic E-state index is -2.76. The third-order valence-electron chi connectivity index (χ3n) is 1.79. The molecule has 1 aromatic heterocycles. The zero-order valence-electron chi connectivity index (χ0n) is 7.71. The molecule has 0 aliphatic carbocycles. The van der Waals surface area contributed by atoms with E-state index in [9.17, 15) is 8.78 Å². The molecule has 0 fully saturated rings. The van der Waals surface area contributed by atoms with Crippen molar-refractivity contribution in [1.82, 2.24) is 4.98 Å². The molecule has 1 rings (SSSR count). The molecule has 0 radical (unpaired) electrons. The normalized spacial score (nSPS) is 10.0. The highest BCUT2D eigenvalue weighted by molar-refractivity contribution is 5.47. The van der Waals surface area contributed by atoms with E-state index in [-0.39, 0.29) is 11.4 Å². The van der Waals surface area contributed by atoms with Crippen LogP contribution in [-0.2, 0) is 0 Å². The number of rotatable bonds is 2. The number of aryl methyl sites for hydroxylation is 1. The van der Waals surface area contributed by atoms with Crippen LogP contribution in [0.1, 0.15) is 23.1 Å². The van der Waals surface area contributed by atoms with Crippen LogP contribution in [0.4, 0.5) is 8.78 Å². The van der Waals surface area contributed by atoms with Gasteiger partial charge in [-0.2, -0.15) is 5.26 Å². The summed E-state index contributed by atoms with van der Waals surface area (Å²) in [5, 5.41) is 8.70. The van der Waals surface area contributed by atoms with E-state index in [0.717, 1.165) is 0 Å². The number of aromatic nitrogens is 1. The van der Waals surface area contributed by atoms with Crippen LogP contribution in [0.5, 0.6) is 5.88 Å². The van der Waals surface area contributed by atoms with Gasteiger partial charge in [-0.25, -0.2) is 13.8 Å². The molecule has 0 saturated carbocycles. The van der Waals surface area contributed by atoms with Gasteiger partial charge in [-0.15, -0.1) is 0 Å². The summed E-state index contributed by atoms with van der Waals surface area (Å²) in [6.07, 6.45) is -1.42. The van der Waals surface area contributed by atoms with E-state index in [1.165, 1.54) is 13.3 Å². The maximum Gasteiger partial charge on any atom is 0.270 e. The molecule has 0 unspecified atom stereocenters. The predicted octanol–water partition coefficient (Wildman–Crippen LogP) is 2.21. The lowest BCUT2D eigenvalue weighted by atomic mass is 10.1. The molecule has 74 valence electrons. The molecule has 0 aliphatic rings. The fourth-order valence-corrected chi connectivity index (χ4v) is 1.12. The van der Waals surface area contributed by atoms with E-state index >= 15 is 0 Å². The Morgan fingerprint density at radius 2 is 2.21 bits per heavy atom. The average Bonchev–Trinajstić information content (AvgIpc) is 2.17. The molecule has 0 bridgehead atoms. The zero-order valence-corrected chi connectivity index (χ0v) is 7.71. The van der Waals surface area contributed by atoms with E-state index in [4.69, 9.17) is 5.26 Å². The summed E-state index contributed by atoms with van der Waals surface area (Å²) in [4.78, 5) is 3.67. The van der Waals surface area contributed by atoms with Gasteiger partial charge in [0.15, 0.2) is 0 Å². The molecule has 0 saturated heterocycles. The maximum absolute atomic E-state index is 12.6. The Kier molecular flexibility index (Phi) is 2.97. The largest absolute Gasteiger partial charge is 0.481 e. The van der Waals surface area contributed by atoms with Gasteiger partial charge in [-0.3, -0.25) is 0 Å². The Balaban J connectivity index is 3.46. The highest BCUT2D eigenvalue weighted by Gasteiger charge is 2.21. The molecule has 0 spiro atoms. The van der Waals surface area contributed by atoms with Crippen molar-refractivity contribution < 1.29 is 13.5 Å². The lowest BCUT2D eigenvalue weighted by Crippen LogP contribution is -2.01. The van der Waals surface area contributed by atoms with Crippen LogP contribution in [-0.4, -0.2) is 12.1 Å². The molecular weight excluding hydrogens is 190 g/mol. The van der Waals surface area contributed by atoms with Crippen LogP contribution in [0.25, 0.3) is 0 Å².